The number of hydrogen-bond acceptors (Lipinski definition) is 5. The van der Waals surface area contributed by atoms with Gasteiger partial charge in [0.05, 0.1) is 19.3 Å². The number of phenolic OH excluding ortho intramolecular Hbond substituents is 1. The van der Waals surface area contributed by atoms with Gasteiger partial charge in [0.2, 0.25) is 0 Å². The molecule has 4 atom stereocenters. The molecule has 3 rings (SSSR count). The quantitative estimate of drug-likeness (QED) is 0.442. The summed E-state index contributed by atoms with van der Waals surface area (Å²) in [6.45, 7) is 13.0. The predicted molar refractivity (Wildman–Crippen MR) is 130 cm³/mol. The lowest BCUT2D eigenvalue weighted by molar-refractivity contribution is 0.0306. The summed E-state index contributed by atoms with van der Waals surface area (Å²) in [4.78, 5) is 13.2. The summed E-state index contributed by atoms with van der Waals surface area (Å²) in [5.74, 6) is 1.05. The highest BCUT2D eigenvalue weighted by Crippen LogP contribution is 2.44. The van der Waals surface area contributed by atoms with Crippen molar-refractivity contribution >= 4 is 14.3 Å². The number of phenols is 1. The molecule has 32 heavy (non-hydrogen) atoms. The standard InChI is InChI=1S/C26H38O5Si/c1-17-12-19-13-18(19)10-8-9-11-22(31-32(6,7)26(2,3)4)15-20-14-21(27)16-23(29-5)24(20)25(28)30-17/h8-11,14,16-19,22,27H,12-13,15H2,1-7H3/b10-8+,11-9-/t17-,18+,19+,22?/m1/s1. The zero-order valence-electron chi connectivity index (χ0n) is 20.5. The van der Waals surface area contributed by atoms with Gasteiger partial charge in [-0.05, 0) is 61.4 Å². The Balaban J connectivity index is 2.03. The van der Waals surface area contributed by atoms with Gasteiger partial charge in [0, 0.05) is 12.5 Å². The van der Waals surface area contributed by atoms with Crippen molar-refractivity contribution in [2.24, 2.45) is 11.8 Å². The molecule has 2 aliphatic rings. The van der Waals surface area contributed by atoms with E-state index in [0.29, 0.717) is 35.1 Å². The third kappa shape index (κ3) is 5.84. The Morgan fingerprint density at radius 1 is 1.12 bits per heavy atom. The number of ether oxygens (including phenoxy) is 2. The number of carbonyl (C=O) groups excluding carboxylic acids is 1. The number of carbonyl (C=O) groups is 1. The van der Waals surface area contributed by atoms with Crippen LogP contribution in [0.25, 0.3) is 0 Å². The number of hydrogen-bond donors (Lipinski definition) is 1. The summed E-state index contributed by atoms with van der Waals surface area (Å²) in [7, 11) is -0.576. The van der Waals surface area contributed by atoms with Crippen molar-refractivity contribution in [2.45, 2.75) is 77.3 Å². The molecule has 1 unspecified atom stereocenters. The van der Waals surface area contributed by atoms with Crippen molar-refractivity contribution in [1.29, 1.82) is 0 Å². The van der Waals surface area contributed by atoms with Crippen LogP contribution in [0.1, 0.15) is 56.5 Å². The van der Waals surface area contributed by atoms with Gasteiger partial charge in [0.15, 0.2) is 8.32 Å². The molecule has 1 aliphatic heterocycles. The van der Waals surface area contributed by atoms with E-state index in [1.807, 2.05) is 6.92 Å². The van der Waals surface area contributed by atoms with Crippen molar-refractivity contribution in [3.8, 4) is 11.5 Å². The molecule has 1 N–H and O–H groups in total. The van der Waals surface area contributed by atoms with Crippen LogP contribution in [0.4, 0.5) is 0 Å². The van der Waals surface area contributed by atoms with Crippen LogP contribution in [0.5, 0.6) is 11.5 Å². The van der Waals surface area contributed by atoms with Gasteiger partial charge in [-0.15, -0.1) is 0 Å². The van der Waals surface area contributed by atoms with E-state index in [0.717, 1.165) is 12.8 Å². The van der Waals surface area contributed by atoms with Crippen molar-refractivity contribution in [2.75, 3.05) is 7.11 Å². The Morgan fingerprint density at radius 3 is 2.47 bits per heavy atom. The minimum Gasteiger partial charge on any atom is -0.508 e. The van der Waals surface area contributed by atoms with Gasteiger partial charge in [0.25, 0.3) is 0 Å². The maximum atomic E-state index is 13.2. The van der Waals surface area contributed by atoms with Crippen molar-refractivity contribution in [3.05, 3.63) is 47.6 Å². The van der Waals surface area contributed by atoms with Crippen LogP contribution in [0.3, 0.4) is 0 Å². The second kappa shape index (κ2) is 9.44. The fraction of sp³-hybridized carbons (Fsp3) is 0.577. The summed E-state index contributed by atoms with van der Waals surface area (Å²) in [6, 6.07) is 3.09. The Kier molecular flexibility index (Phi) is 7.25. The largest absolute Gasteiger partial charge is 0.508 e. The maximum absolute atomic E-state index is 13.2. The van der Waals surface area contributed by atoms with E-state index in [2.05, 4.69) is 58.2 Å². The van der Waals surface area contributed by atoms with Gasteiger partial charge >= 0.3 is 5.97 Å². The van der Waals surface area contributed by atoms with Crippen molar-refractivity contribution < 1.29 is 23.8 Å². The Labute approximate surface area is 193 Å². The van der Waals surface area contributed by atoms with Crippen LogP contribution >= 0.6 is 0 Å². The summed E-state index contributed by atoms with van der Waals surface area (Å²) >= 11 is 0. The van der Waals surface area contributed by atoms with E-state index in [1.165, 1.54) is 13.2 Å². The first-order valence-electron chi connectivity index (χ1n) is 11.5. The molecule has 1 aliphatic carbocycles. The first-order chi connectivity index (χ1) is 14.9. The van der Waals surface area contributed by atoms with Gasteiger partial charge in [0.1, 0.15) is 17.1 Å². The number of aromatic hydroxyl groups is 1. The highest BCUT2D eigenvalue weighted by atomic mass is 28.4. The maximum Gasteiger partial charge on any atom is 0.342 e. The van der Waals surface area contributed by atoms with Gasteiger partial charge in [-0.3, -0.25) is 0 Å². The van der Waals surface area contributed by atoms with Gasteiger partial charge in [-0.25, -0.2) is 4.79 Å². The van der Waals surface area contributed by atoms with Crippen molar-refractivity contribution in [1.82, 2.24) is 0 Å². The Bertz CT molecular complexity index is 896. The van der Waals surface area contributed by atoms with Crippen LogP contribution in [-0.4, -0.2) is 38.7 Å². The van der Waals surface area contributed by atoms with Gasteiger partial charge in [-0.2, -0.15) is 0 Å². The molecule has 0 spiro atoms. The molecule has 1 heterocycles. The van der Waals surface area contributed by atoms with Crippen molar-refractivity contribution in [3.63, 3.8) is 0 Å². The lowest BCUT2D eigenvalue weighted by Crippen LogP contribution is -2.44. The lowest BCUT2D eigenvalue weighted by Gasteiger charge is -2.38. The molecule has 0 bridgehead atoms. The molecule has 1 aromatic carbocycles. The zero-order valence-corrected chi connectivity index (χ0v) is 21.5. The van der Waals surface area contributed by atoms with E-state index in [9.17, 15) is 9.90 Å². The molecule has 176 valence electrons. The number of fused-ring (bicyclic) bond motifs is 2. The minimum atomic E-state index is -2.08. The predicted octanol–water partition coefficient (Wildman–Crippen LogP) is 6.03. The summed E-state index contributed by atoms with van der Waals surface area (Å²) < 4.78 is 18.0. The number of benzene rings is 1. The van der Waals surface area contributed by atoms with E-state index >= 15 is 0 Å². The van der Waals surface area contributed by atoms with Crippen LogP contribution in [-0.2, 0) is 15.6 Å². The average Bonchev–Trinajstić information content (AvgIpc) is 3.39. The normalized spacial score (nSPS) is 28.5. The summed E-state index contributed by atoms with van der Waals surface area (Å²) in [6.07, 6.45) is 10.5. The van der Waals surface area contributed by atoms with E-state index in [4.69, 9.17) is 13.9 Å². The fourth-order valence-electron chi connectivity index (χ4n) is 4.02. The molecule has 6 heteroatoms. The molecule has 1 saturated carbocycles. The molecule has 0 amide bonds. The van der Waals surface area contributed by atoms with E-state index in [-0.39, 0.29) is 23.0 Å². The molecule has 0 aromatic heterocycles. The molecule has 0 radical (unpaired) electrons. The molecule has 1 fully saturated rings. The van der Waals surface area contributed by atoms with Crippen LogP contribution in [0.2, 0.25) is 18.1 Å². The molecule has 5 nitrogen and oxygen atoms in total. The third-order valence-corrected chi connectivity index (χ3v) is 11.5. The smallest absolute Gasteiger partial charge is 0.342 e. The lowest BCUT2D eigenvalue weighted by atomic mass is 9.99. The third-order valence-electron chi connectivity index (χ3n) is 6.98. The topological polar surface area (TPSA) is 65.0 Å². The first kappa shape index (κ1) is 24.6. The summed E-state index contributed by atoms with van der Waals surface area (Å²) in [5.41, 5.74) is 1.03. The number of rotatable bonds is 3. The molecular formula is C26H38O5Si. The highest BCUT2D eigenvalue weighted by Gasteiger charge is 2.39. The summed E-state index contributed by atoms with van der Waals surface area (Å²) in [5, 5.41) is 10.4. The zero-order chi connectivity index (χ0) is 23.7. The minimum absolute atomic E-state index is 0.0463. The molecule has 0 saturated heterocycles. The Morgan fingerprint density at radius 2 is 1.81 bits per heavy atom. The first-order valence-corrected chi connectivity index (χ1v) is 14.5. The van der Waals surface area contributed by atoms with Crippen LogP contribution in [0.15, 0.2) is 36.4 Å². The SMILES string of the molecule is COc1cc(O)cc2c1C(=O)O[C@H](C)C[C@H]1C[C@@H]1/C=C/C=C\C(O[Si](C)(C)C(C)(C)C)C2. The average molecular weight is 459 g/mol. The second-order valence-corrected chi connectivity index (χ2v) is 15.4. The molecular weight excluding hydrogens is 420 g/mol. The Hall–Kier alpha value is -2.05. The number of methoxy groups -OCH3 is 1. The van der Waals surface area contributed by atoms with Crippen LogP contribution < -0.4 is 4.74 Å². The number of allylic oxidation sites excluding steroid dienone is 3. The second-order valence-electron chi connectivity index (χ2n) is 10.7. The van der Waals surface area contributed by atoms with Crippen LogP contribution in [0, 0.1) is 11.8 Å². The number of cyclic esters (lactones) is 1. The highest BCUT2D eigenvalue weighted by molar-refractivity contribution is 6.74. The molecule has 1 aromatic rings. The fourth-order valence-corrected chi connectivity index (χ4v) is 5.29. The van der Waals surface area contributed by atoms with Gasteiger partial charge < -0.3 is 19.0 Å². The van der Waals surface area contributed by atoms with Gasteiger partial charge in [-0.1, -0.05) is 45.1 Å². The van der Waals surface area contributed by atoms with E-state index in [1.54, 1.807) is 6.07 Å². The number of esters is 1. The monoisotopic (exact) mass is 458 g/mol. The van der Waals surface area contributed by atoms with E-state index < -0.39 is 14.3 Å².